The minimum absolute atomic E-state index is 0.0422. The molecule has 1 aliphatic rings. The van der Waals surface area contributed by atoms with Crippen LogP contribution in [0, 0.1) is 0 Å². The lowest BCUT2D eigenvalue weighted by Crippen LogP contribution is -2.35. The van der Waals surface area contributed by atoms with Crippen LogP contribution in [0.1, 0.15) is 12.5 Å². The van der Waals surface area contributed by atoms with Crippen molar-refractivity contribution >= 4 is 34.8 Å². The summed E-state index contributed by atoms with van der Waals surface area (Å²) in [4.78, 5) is 35.5. The Morgan fingerprint density at radius 1 is 1.20 bits per heavy atom. The molecule has 1 heterocycles. The molecule has 2 aromatic carbocycles. The van der Waals surface area contributed by atoms with Crippen molar-refractivity contribution in [2.75, 3.05) is 13.2 Å². The first-order valence-electron chi connectivity index (χ1n) is 7.72. The van der Waals surface area contributed by atoms with Crippen molar-refractivity contribution in [3.05, 3.63) is 47.7 Å². The van der Waals surface area contributed by atoms with Gasteiger partial charge < -0.3 is 15.2 Å². The van der Waals surface area contributed by atoms with Gasteiger partial charge in [0.2, 0.25) is 0 Å². The maximum atomic E-state index is 12.2. The normalized spacial score (nSPS) is 15.7. The number of nitrogens with zero attached hydrogens (tertiary/aromatic N) is 1. The summed E-state index contributed by atoms with van der Waals surface area (Å²) in [5, 5.41) is 13.0. The minimum Gasteiger partial charge on any atom is -0.493 e. The van der Waals surface area contributed by atoms with Crippen molar-refractivity contribution in [2.24, 2.45) is 0 Å². The summed E-state index contributed by atoms with van der Waals surface area (Å²) in [6, 6.07) is 10.4. The fourth-order valence-electron chi connectivity index (χ4n) is 2.71. The molecule has 3 rings (SSSR count). The average Bonchev–Trinajstić information content (AvgIpc) is 2.84. The molecule has 0 aliphatic carbocycles. The molecule has 0 spiro atoms. The lowest BCUT2D eigenvalue weighted by atomic mass is 10.0. The standard InChI is InChI=1S/C18H16N2O5/c1-2-25-15-8-7-11(12-5-3-4-6-13(12)15)9-14-17(23)20(10-16(21)22)18(24)19-14/h3-9H,2,10H2,1H3,(H,19,24)(H,21,22)/b14-9+. The van der Waals surface area contributed by atoms with Crippen LogP contribution in [0.15, 0.2) is 42.1 Å². The molecule has 2 aromatic rings. The highest BCUT2D eigenvalue weighted by atomic mass is 16.5. The van der Waals surface area contributed by atoms with Crippen molar-refractivity contribution in [3.63, 3.8) is 0 Å². The molecule has 0 radical (unpaired) electrons. The molecule has 1 aliphatic heterocycles. The quantitative estimate of drug-likeness (QED) is 0.643. The second-order valence-electron chi connectivity index (χ2n) is 5.40. The summed E-state index contributed by atoms with van der Waals surface area (Å²) < 4.78 is 5.61. The predicted molar refractivity (Wildman–Crippen MR) is 91.0 cm³/mol. The Morgan fingerprint density at radius 2 is 1.92 bits per heavy atom. The number of ether oxygens (including phenoxy) is 1. The smallest absolute Gasteiger partial charge is 0.329 e. The van der Waals surface area contributed by atoms with E-state index < -0.39 is 24.5 Å². The van der Waals surface area contributed by atoms with Crippen LogP contribution < -0.4 is 10.1 Å². The van der Waals surface area contributed by atoms with Crippen LogP contribution in [-0.4, -0.2) is 41.1 Å². The van der Waals surface area contributed by atoms with Gasteiger partial charge in [-0.1, -0.05) is 30.3 Å². The lowest BCUT2D eigenvalue weighted by molar-refractivity contribution is -0.140. The molecule has 1 fully saturated rings. The zero-order valence-electron chi connectivity index (χ0n) is 13.5. The van der Waals surface area contributed by atoms with Gasteiger partial charge in [-0.25, -0.2) is 9.69 Å². The van der Waals surface area contributed by atoms with Gasteiger partial charge in [0.1, 0.15) is 18.0 Å². The monoisotopic (exact) mass is 340 g/mol. The van der Waals surface area contributed by atoms with E-state index in [0.29, 0.717) is 11.5 Å². The van der Waals surface area contributed by atoms with Gasteiger partial charge in [0.05, 0.1) is 6.61 Å². The number of fused-ring (bicyclic) bond motifs is 1. The summed E-state index contributed by atoms with van der Waals surface area (Å²) in [7, 11) is 0. The minimum atomic E-state index is -1.25. The Labute approximate surface area is 143 Å². The van der Waals surface area contributed by atoms with E-state index in [1.165, 1.54) is 0 Å². The molecule has 3 amide bonds. The van der Waals surface area contributed by atoms with Gasteiger partial charge in [0.15, 0.2) is 0 Å². The van der Waals surface area contributed by atoms with Crippen LogP contribution in [0.4, 0.5) is 4.79 Å². The Balaban J connectivity index is 2.02. The Hall–Kier alpha value is -3.35. The van der Waals surface area contributed by atoms with E-state index >= 15 is 0 Å². The third-order valence-electron chi connectivity index (χ3n) is 3.77. The van der Waals surface area contributed by atoms with Crippen molar-refractivity contribution in [1.82, 2.24) is 10.2 Å². The third kappa shape index (κ3) is 3.16. The van der Waals surface area contributed by atoms with E-state index in [-0.39, 0.29) is 5.70 Å². The zero-order chi connectivity index (χ0) is 18.0. The largest absolute Gasteiger partial charge is 0.493 e. The van der Waals surface area contributed by atoms with Gasteiger partial charge in [-0.05, 0) is 30.0 Å². The number of rotatable bonds is 5. The van der Waals surface area contributed by atoms with Crippen LogP contribution in [0.3, 0.4) is 0 Å². The van der Waals surface area contributed by atoms with E-state index in [4.69, 9.17) is 9.84 Å². The first kappa shape index (κ1) is 16.5. The summed E-state index contributed by atoms with van der Waals surface area (Å²) in [6.45, 7) is 1.75. The molecular formula is C18H16N2O5. The summed E-state index contributed by atoms with van der Waals surface area (Å²) in [5.41, 5.74) is 0.764. The van der Waals surface area contributed by atoms with Gasteiger partial charge in [-0.2, -0.15) is 0 Å². The number of hydrogen-bond donors (Lipinski definition) is 2. The zero-order valence-corrected chi connectivity index (χ0v) is 13.5. The molecule has 0 aromatic heterocycles. The van der Waals surface area contributed by atoms with Gasteiger partial charge in [-0.3, -0.25) is 9.59 Å². The third-order valence-corrected chi connectivity index (χ3v) is 3.77. The average molecular weight is 340 g/mol. The van der Waals surface area contributed by atoms with Crippen LogP contribution in [-0.2, 0) is 9.59 Å². The first-order valence-corrected chi connectivity index (χ1v) is 7.72. The van der Waals surface area contributed by atoms with E-state index in [9.17, 15) is 14.4 Å². The molecule has 7 heteroatoms. The molecule has 0 bridgehead atoms. The maximum absolute atomic E-state index is 12.2. The molecule has 0 atom stereocenters. The second kappa shape index (κ2) is 6.64. The topological polar surface area (TPSA) is 95.9 Å². The molecule has 25 heavy (non-hydrogen) atoms. The number of aliphatic carboxylic acids is 1. The fourth-order valence-corrected chi connectivity index (χ4v) is 2.71. The summed E-state index contributed by atoms with van der Waals surface area (Å²) >= 11 is 0. The number of carbonyl (C=O) groups is 3. The van der Waals surface area contributed by atoms with Gasteiger partial charge in [-0.15, -0.1) is 0 Å². The molecule has 2 N–H and O–H groups in total. The molecule has 1 saturated heterocycles. The van der Waals surface area contributed by atoms with E-state index in [1.54, 1.807) is 18.2 Å². The van der Waals surface area contributed by atoms with E-state index in [2.05, 4.69) is 5.32 Å². The molecular weight excluding hydrogens is 324 g/mol. The number of amides is 3. The maximum Gasteiger partial charge on any atom is 0.329 e. The number of carboxylic acids is 1. The number of carbonyl (C=O) groups excluding carboxylic acids is 2. The second-order valence-corrected chi connectivity index (χ2v) is 5.40. The Morgan fingerprint density at radius 3 is 2.60 bits per heavy atom. The number of benzene rings is 2. The number of imide groups is 1. The SMILES string of the molecule is CCOc1ccc(/C=C2/NC(=O)N(CC(=O)O)C2=O)c2ccccc12. The molecule has 7 nitrogen and oxygen atoms in total. The number of hydrogen-bond acceptors (Lipinski definition) is 4. The van der Waals surface area contributed by atoms with Crippen molar-refractivity contribution in [3.8, 4) is 5.75 Å². The molecule has 0 saturated carbocycles. The Bertz CT molecular complexity index is 903. The predicted octanol–water partition coefficient (Wildman–Crippen LogP) is 2.22. The lowest BCUT2D eigenvalue weighted by Gasteiger charge is -2.10. The van der Waals surface area contributed by atoms with Crippen molar-refractivity contribution < 1.29 is 24.2 Å². The highest BCUT2D eigenvalue weighted by molar-refractivity contribution is 6.15. The van der Waals surface area contributed by atoms with Crippen molar-refractivity contribution in [1.29, 1.82) is 0 Å². The highest BCUT2D eigenvalue weighted by Crippen LogP contribution is 2.30. The van der Waals surface area contributed by atoms with Crippen LogP contribution in [0.25, 0.3) is 16.8 Å². The van der Waals surface area contributed by atoms with Gasteiger partial charge >= 0.3 is 12.0 Å². The number of urea groups is 1. The summed E-state index contributed by atoms with van der Waals surface area (Å²) in [6.07, 6.45) is 1.54. The van der Waals surface area contributed by atoms with E-state index in [0.717, 1.165) is 22.1 Å². The van der Waals surface area contributed by atoms with Crippen LogP contribution in [0.5, 0.6) is 5.75 Å². The van der Waals surface area contributed by atoms with Gasteiger partial charge in [0, 0.05) is 5.39 Å². The highest BCUT2D eigenvalue weighted by Gasteiger charge is 2.34. The summed E-state index contributed by atoms with van der Waals surface area (Å²) in [5.74, 6) is -1.18. The number of carboxylic acid groups (broad SMARTS) is 1. The van der Waals surface area contributed by atoms with E-state index in [1.807, 2.05) is 31.2 Å². The van der Waals surface area contributed by atoms with Gasteiger partial charge in [0.25, 0.3) is 5.91 Å². The van der Waals surface area contributed by atoms with Crippen LogP contribution in [0.2, 0.25) is 0 Å². The molecule has 128 valence electrons. The van der Waals surface area contributed by atoms with Crippen LogP contribution >= 0.6 is 0 Å². The fraction of sp³-hybridized carbons (Fsp3) is 0.167. The first-order chi connectivity index (χ1) is 12.0. The molecule has 0 unspecified atom stereocenters. The number of nitrogens with one attached hydrogen (secondary N) is 1. The van der Waals surface area contributed by atoms with Crippen molar-refractivity contribution in [2.45, 2.75) is 6.92 Å². The Kier molecular flexibility index (Phi) is 4.38.